The Labute approximate surface area is 110 Å². The van der Waals surface area contributed by atoms with Crippen molar-refractivity contribution < 1.29 is 9.66 Å². The molecule has 2 fully saturated rings. The number of pyridine rings is 1. The molecule has 1 aliphatic heterocycles. The monoisotopic (exact) mass is 264 g/mol. The zero-order chi connectivity index (χ0) is 13.6. The zero-order valence-corrected chi connectivity index (χ0v) is 10.7. The number of ether oxygens (including phenoxy) is 1. The third-order valence-corrected chi connectivity index (χ3v) is 4.12. The Balaban J connectivity index is 1.66. The number of nitrogens with two attached hydrogens (primary N) is 1. The van der Waals surface area contributed by atoms with Crippen LogP contribution in [0.25, 0.3) is 0 Å². The standard InChI is InChI=1S/C12H16N4O3/c1-19-8-4-12(5-8)6-15(7-12)10-3-2-9(16(17)18)11(13)14-10/h2-3,8H,4-7H2,1H3,(H2,13,14). The molecule has 0 aromatic carbocycles. The van der Waals surface area contributed by atoms with Crippen LogP contribution in [0.2, 0.25) is 0 Å². The van der Waals surface area contributed by atoms with E-state index in [1.54, 1.807) is 13.2 Å². The fourth-order valence-electron chi connectivity index (χ4n) is 3.04. The summed E-state index contributed by atoms with van der Waals surface area (Å²) < 4.78 is 5.29. The van der Waals surface area contributed by atoms with Gasteiger partial charge in [-0.05, 0) is 18.9 Å². The molecule has 2 heterocycles. The fraction of sp³-hybridized carbons (Fsp3) is 0.583. The van der Waals surface area contributed by atoms with Crippen molar-refractivity contribution in [2.45, 2.75) is 18.9 Å². The molecule has 19 heavy (non-hydrogen) atoms. The molecule has 0 unspecified atom stereocenters. The third-order valence-electron chi connectivity index (χ3n) is 4.12. The maximum atomic E-state index is 10.7. The lowest BCUT2D eigenvalue weighted by molar-refractivity contribution is -0.384. The summed E-state index contributed by atoms with van der Waals surface area (Å²) in [4.78, 5) is 16.4. The average Bonchev–Trinajstić information content (AvgIpc) is 2.25. The van der Waals surface area contributed by atoms with E-state index in [2.05, 4.69) is 9.88 Å². The van der Waals surface area contributed by atoms with Crippen molar-refractivity contribution in [3.8, 4) is 0 Å². The smallest absolute Gasteiger partial charge is 0.311 e. The highest BCUT2D eigenvalue weighted by atomic mass is 16.6. The molecule has 7 nitrogen and oxygen atoms in total. The van der Waals surface area contributed by atoms with Crippen LogP contribution in [-0.2, 0) is 4.74 Å². The van der Waals surface area contributed by atoms with Crippen LogP contribution in [0.4, 0.5) is 17.3 Å². The maximum Gasteiger partial charge on any atom is 0.311 e. The van der Waals surface area contributed by atoms with Gasteiger partial charge in [-0.3, -0.25) is 10.1 Å². The second-order valence-corrected chi connectivity index (χ2v) is 5.45. The highest BCUT2D eigenvalue weighted by Crippen LogP contribution is 2.50. The van der Waals surface area contributed by atoms with Gasteiger partial charge in [0.05, 0.1) is 11.0 Å². The highest BCUT2D eigenvalue weighted by Gasteiger charge is 2.53. The second-order valence-electron chi connectivity index (χ2n) is 5.45. The molecule has 1 saturated heterocycles. The zero-order valence-electron chi connectivity index (χ0n) is 10.7. The van der Waals surface area contributed by atoms with Crippen LogP contribution in [0.1, 0.15) is 12.8 Å². The molecule has 0 atom stereocenters. The fourth-order valence-corrected chi connectivity index (χ4v) is 3.04. The van der Waals surface area contributed by atoms with Gasteiger partial charge >= 0.3 is 5.69 Å². The van der Waals surface area contributed by atoms with Crippen molar-refractivity contribution in [1.82, 2.24) is 4.98 Å². The Morgan fingerprint density at radius 2 is 2.21 bits per heavy atom. The van der Waals surface area contributed by atoms with Gasteiger partial charge in [0.2, 0.25) is 5.82 Å². The Morgan fingerprint density at radius 1 is 1.53 bits per heavy atom. The maximum absolute atomic E-state index is 10.7. The first-order chi connectivity index (χ1) is 9.03. The normalized spacial score (nSPS) is 21.0. The lowest BCUT2D eigenvalue weighted by atomic mass is 9.62. The molecule has 102 valence electrons. The van der Waals surface area contributed by atoms with Gasteiger partial charge < -0.3 is 15.4 Å². The topological polar surface area (TPSA) is 94.5 Å². The molecular formula is C12H16N4O3. The van der Waals surface area contributed by atoms with Gasteiger partial charge in [-0.1, -0.05) is 0 Å². The molecule has 1 aliphatic carbocycles. The molecule has 3 rings (SSSR count). The number of rotatable bonds is 3. The number of nitrogens with zero attached hydrogens (tertiary/aromatic N) is 3. The van der Waals surface area contributed by atoms with Crippen molar-refractivity contribution in [3.05, 3.63) is 22.2 Å². The van der Waals surface area contributed by atoms with Crippen LogP contribution in [0, 0.1) is 15.5 Å². The van der Waals surface area contributed by atoms with Gasteiger partial charge in [-0.15, -0.1) is 0 Å². The molecule has 2 N–H and O–H groups in total. The first-order valence-corrected chi connectivity index (χ1v) is 6.22. The number of hydrogen-bond acceptors (Lipinski definition) is 6. The lowest BCUT2D eigenvalue weighted by Gasteiger charge is -2.58. The predicted molar refractivity (Wildman–Crippen MR) is 70.0 cm³/mol. The summed E-state index contributed by atoms with van der Waals surface area (Å²) in [6.45, 7) is 1.86. The van der Waals surface area contributed by atoms with Crippen LogP contribution in [0.3, 0.4) is 0 Å². The average molecular weight is 264 g/mol. The largest absolute Gasteiger partial charge is 0.381 e. The summed E-state index contributed by atoms with van der Waals surface area (Å²) in [7, 11) is 1.74. The summed E-state index contributed by atoms with van der Waals surface area (Å²) in [5, 5.41) is 10.7. The van der Waals surface area contributed by atoms with Crippen molar-refractivity contribution in [1.29, 1.82) is 0 Å². The number of hydrogen-bond donors (Lipinski definition) is 1. The SMILES string of the molecule is COC1CC2(C1)CN(c1ccc([N+](=O)[O-])c(N)n1)C2. The molecule has 1 aromatic heterocycles. The van der Waals surface area contributed by atoms with Crippen LogP contribution in [-0.4, -0.2) is 36.2 Å². The number of anilines is 2. The van der Waals surface area contributed by atoms with Crippen molar-refractivity contribution >= 4 is 17.3 Å². The molecule has 1 spiro atoms. The summed E-state index contributed by atoms with van der Waals surface area (Å²) in [5.41, 5.74) is 5.82. The molecule has 0 amide bonds. The quantitative estimate of drug-likeness (QED) is 0.651. The van der Waals surface area contributed by atoms with Gasteiger partial charge in [-0.2, -0.15) is 0 Å². The minimum absolute atomic E-state index is 0.0215. The van der Waals surface area contributed by atoms with Gasteiger partial charge in [0.25, 0.3) is 0 Å². The van der Waals surface area contributed by atoms with E-state index in [1.807, 2.05) is 0 Å². The van der Waals surface area contributed by atoms with Gasteiger partial charge in [0.1, 0.15) is 5.82 Å². The van der Waals surface area contributed by atoms with Gasteiger partial charge in [0.15, 0.2) is 0 Å². The van der Waals surface area contributed by atoms with E-state index < -0.39 is 4.92 Å². The minimum atomic E-state index is -0.515. The number of aromatic nitrogens is 1. The summed E-state index contributed by atoms with van der Waals surface area (Å²) >= 11 is 0. The molecule has 0 radical (unpaired) electrons. The predicted octanol–water partition coefficient (Wildman–Crippen LogP) is 1.19. The molecule has 2 aliphatic rings. The van der Waals surface area contributed by atoms with Crippen molar-refractivity contribution in [3.63, 3.8) is 0 Å². The first-order valence-electron chi connectivity index (χ1n) is 6.22. The Bertz CT molecular complexity index is 520. The molecular weight excluding hydrogens is 248 g/mol. The molecule has 7 heteroatoms. The summed E-state index contributed by atoms with van der Waals surface area (Å²) in [6, 6.07) is 3.08. The van der Waals surface area contributed by atoms with E-state index in [4.69, 9.17) is 10.5 Å². The van der Waals surface area contributed by atoms with Crippen molar-refractivity contribution in [2.75, 3.05) is 30.8 Å². The van der Waals surface area contributed by atoms with E-state index in [-0.39, 0.29) is 11.5 Å². The minimum Gasteiger partial charge on any atom is -0.381 e. The summed E-state index contributed by atoms with van der Waals surface area (Å²) in [5.74, 6) is 0.696. The molecule has 1 aromatic rings. The van der Waals surface area contributed by atoms with Crippen LogP contribution < -0.4 is 10.6 Å². The summed E-state index contributed by atoms with van der Waals surface area (Å²) in [6.07, 6.45) is 2.56. The first kappa shape index (κ1) is 12.2. The number of methoxy groups -OCH3 is 1. The van der Waals surface area contributed by atoms with E-state index in [9.17, 15) is 10.1 Å². The lowest BCUT2D eigenvalue weighted by Crippen LogP contribution is -2.64. The highest BCUT2D eigenvalue weighted by molar-refractivity contribution is 5.59. The van der Waals surface area contributed by atoms with E-state index in [0.29, 0.717) is 11.5 Å². The molecule has 1 saturated carbocycles. The second kappa shape index (κ2) is 4.06. The van der Waals surface area contributed by atoms with Gasteiger partial charge in [0, 0.05) is 31.7 Å². The van der Waals surface area contributed by atoms with Crippen LogP contribution >= 0.6 is 0 Å². The van der Waals surface area contributed by atoms with E-state index in [0.717, 1.165) is 31.7 Å². The Hall–Kier alpha value is -1.89. The van der Waals surface area contributed by atoms with E-state index in [1.165, 1.54) is 6.07 Å². The van der Waals surface area contributed by atoms with E-state index >= 15 is 0 Å². The third kappa shape index (κ3) is 1.90. The Kier molecular flexibility index (Phi) is 2.60. The van der Waals surface area contributed by atoms with Crippen molar-refractivity contribution in [2.24, 2.45) is 5.41 Å². The van der Waals surface area contributed by atoms with Crippen LogP contribution in [0.5, 0.6) is 0 Å². The molecule has 0 bridgehead atoms. The van der Waals surface area contributed by atoms with Crippen LogP contribution in [0.15, 0.2) is 12.1 Å². The Morgan fingerprint density at radius 3 is 2.74 bits per heavy atom. The van der Waals surface area contributed by atoms with Gasteiger partial charge in [-0.25, -0.2) is 4.98 Å². The number of nitrogen functional groups attached to an aromatic ring is 1. The number of nitro groups is 1.